The Morgan fingerprint density at radius 2 is 1.90 bits per heavy atom. The van der Waals surface area contributed by atoms with Crippen LogP contribution in [-0.2, 0) is 11.3 Å². The molecule has 1 aromatic rings. The predicted molar refractivity (Wildman–Crippen MR) is 89.6 cm³/mol. The van der Waals surface area contributed by atoms with Gasteiger partial charge in [0.05, 0.1) is 6.54 Å². The zero-order chi connectivity index (χ0) is 15.1. The average Bonchev–Trinajstić information content (AvgIpc) is 2.48. The zero-order valence-electron chi connectivity index (χ0n) is 13.1. The average molecular weight is 306 g/mol. The van der Waals surface area contributed by atoms with Crippen LogP contribution in [0.15, 0.2) is 29.2 Å². The third-order valence-corrected chi connectivity index (χ3v) is 4.74. The molecule has 0 saturated heterocycles. The van der Waals surface area contributed by atoms with Crippen molar-refractivity contribution in [2.75, 3.05) is 19.8 Å². The largest absolute Gasteiger partial charge is 0.352 e. The summed E-state index contributed by atoms with van der Waals surface area (Å²) in [4.78, 5) is 15.4. The summed E-state index contributed by atoms with van der Waals surface area (Å²) in [6, 6.07) is 8.95. The molecule has 0 unspecified atom stereocenters. The Labute approximate surface area is 132 Å². The molecule has 3 nitrogen and oxygen atoms in total. The lowest BCUT2D eigenvalue weighted by atomic mass is 9.95. The van der Waals surface area contributed by atoms with Gasteiger partial charge in [-0.05, 0) is 43.8 Å². The molecule has 0 bridgehead atoms. The number of nitrogens with one attached hydrogen (secondary N) is 1. The van der Waals surface area contributed by atoms with Gasteiger partial charge in [0, 0.05) is 17.5 Å². The molecule has 1 amide bonds. The monoisotopic (exact) mass is 306 g/mol. The van der Waals surface area contributed by atoms with Crippen molar-refractivity contribution in [1.29, 1.82) is 0 Å². The van der Waals surface area contributed by atoms with Crippen LogP contribution in [0.5, 0.6) is 0 Å². The van der Waals surface area contributed by atoms with E-state index >= 15 is 0 Å². The van der Waals surface area contributed by atoms with Gasteiger partial charge in [-0.2, -0.15) is 0 Å². The van der Waals surface area contributed by atoms with E-state index in [4.69, 9.17) is 0 Å². The summed E-state index contributed by atoms with van der Waals surface area (Å²) in [5.74, 6) is 0.158. The molecule has 0 spiro atoms. The molecule has 0 aromatic heterocycles. The van der Waals surface area contributed by atoms with Crippen molar-refractivity contribution in [3.8, 4) is 0 Å². The fourth-order valence-corrected chi connectivity index (χ4v) is 3.27. The van der Waals surface area contributed by atoms with Crippen LogP contribution in [0.25, 0.3) is 0 Å². The first kappa shape index (κ1) is 16.4. The number of rotatable bonds is 6. The number of hydrogen-bond donors (Lipinski definition) is 1. The van der Waals surface area contributed by atoms with Gasteiger partial charge in [-0.1, -0.05) is 31.4 Å². The number of carbonyl (C=O) groups is 1. The van der Waals surface area contributed by atoms with Crippen LogP contribution in [0.4, 0.5) is 0 Å². The fourth-order valence-electron chi connectivity index (χ4n) is 2.86. The Bertz CT molecular complexity index is 441. The van der Waals surface area contributed by atoms with Gasteiger partial charge in [0.2, 0.25) is 5.91 Å². The second-order valence-corrected chi connectivity index (χ2v) is 6.80. The molecule has 116 valence electrons. The smallest absolute Gasteiger partial charge is 0.234 e. The van der Waals surface area contributed by atoms with E-state index in [0.717, 1.165) is 19.4 Å². The maximum atomic E-state index is 12.1. The van der Waals surface area contributed by atoms with Crippen LogP contribution in [0.2, 0.25) is 0 Å². The van der Waals surface area contributed by atoms with E-state index in [1.807, 2.05) is 7.05 Å². The highest BCUT2D eigenvalue weighted by Crippen LogP contribution is 2.17. The van der Waals surface area contributed by atoms with Gasteiger partial charge in [0.25, 0.3) is 0 Å². The van der Waals surface area contributed by atoms with Crippen LogP contribution in [0, 0.1) is 0 Å². The van der Waals surface area contributed by atoms with E-state index in [0.29, 0.717) is 12.6 Å². The van der Waals surface area contributed by atoms with Gasteiger partial charge >= 0.3 is 0 Å². The van der Waals surface area contributed by atoms with Crippen LogP contribution < -0.4 is 5.32 Å². The molecule has 1 saturated carbocycles. The number of carbonyl (C=O) groups excluding carboxylic acids is 1. The van der Waals surface area contributed by atoms with Crippen LogP contribution in [0.3, 0.4) is 0 Å². The fraction of sp³-hybridized carbons (Fsp3) is 0.588. The highest BCUT2D eigenvalue weighted by atomic mass is 32.2. The molecular weight excluding hydrogens is 280 g/mol. The second-order valence-electron chi connectivity index (χ2n) is 5.92. The van der Waals surface area contributed by atoms with Crippen LogP contribution >= 0.6 is 11.8 Å². The SMILES string of the molecule is CSc1ccc(CN(C)CC(=O)NC2CCCCC2)cc1. The quantitative estimate of drug-likeness (QED) is 0.819. The van der Waals surface area contributed by atoms with E-state index in [-0.39, 0.29) is 5.91 Å². The minimum Gasteiger partial charge on any atom is -0.352 e. The van der Waals surface area contributed by atoms with E-state index in [1.54, 1.807) is 11.8 Å². The Morgan fingerprint density at radius 3 is 2.52 bits per heavy atom. The molecule has 1 fully saturated rings. The summed E-state index contributed by atoms with van der Waals surface area (Å²) < 4.78 is 0. The molecule has 0 heterocycles. The Morgan fingerprint density at radius 1 is 1.24 bits per heavy atom. The van der Waals surface area contributed by atoms with Gasteiger partial charge in [0.15, 0.2) is 0 Å². The van der Waals surface area contributed by atoms with Crippen LogP contribution in [0.1, 0.15) is 37.7 Å². The minimum absolute atomic E-state index is 0.158. The summed E-state index contributed by atoms with van der Waals surface area (Å²) >= 11 is 1.75. The number of likely N-dealkylation sites (N-methyl/N-ethyl adjacent to an activating group) is 1. The molecule has 2 rings (SSSR count). The van der Waals surface area contributed by atoms with Gasteiger partial charge in [0.1, 0.15) is 0 Å². The Balaban J connectivity index is 1.74. The number of thioether (sulfide) groups is 1. The van der Waals surface area contributed by atoms with Crippen molar-refractivity contribution in [3.63, 3.8) is 0 Å². The summed E-state index contributed by atoms with van der Waals surface area (Å²) in [6.45, 7) is 1.29. The zero-order valence-corrected chi connectivity index (χ0v) is 13.9. The van der Waals surface area contributed by atoms with Crippen molar-refractivity contribution in [3.05, 3.63) is 29.8 Å². The number of amides is 1. The summed E-state index contributed by atoms with van der Waals surface area (Å²) in [5.41, 5.74) is 1.25. The van der Waals surface area contributed by atoms with E-state index < -0.39 is 0 Å². The molecule has 1 aliphatic carbocycles. The van der Waals surface area contributed by atoms with Gasteiger partial charge in [-0.25, -0.2) is 0 Å². The summed E-state index contributed by atoms with van der Waals surface area (Å²) in [6.07, 6.45) is 8.19. The van der Waals surface area contributed by atoms with Crippen molar-refractivity contribution in [1.82, 2.24) is 10.2 Å². The lowest BCUT2D eigenvalue weighted by molar-refractivity contribution is -0.123. The van der Waals surface area contributed by atoms with Crippen molar-refractivity contribution in [2.45, 2.75) is 49.6 Å². The lowest BCUT2D eigenvalue weighted by Crippen LogP contribution is -2.41. The molecule has 1 aromatic carbocycles. The number of nitrogens with zero attached hydrogens (tertiary/aromatic N) is 1. The topological polar surface area (TPSA) is 32.3 Å². The second kappa shape index (κ2) is 8.44. The Kier molecular flexibility index (Phi) is 6.58. The molecule has 4 heteroatoms. The third kappa shape index (κ3) is 5.71. The minimum atomic E-state index is 0.158. The highest BCUT2D eigenvalue weighted by molar-refractivity contribution is 7.98. The van der Waals surface area contributed by atoms with Gasteiger partial charge < -0.3 is 5.32 Å². The Hall–Kier alpha value is -1.00. The predicted octanol–water partition coefficient (Wildman–Crippen LogP) is 3.29. The molecule has 1 N–H and O–H groups in total. The molecule has 0 aliphatic heterocycles. The van der Waals surface area contributed by atoms with Crippen molar-refractivity contribution >= 4 is 17.7 Å². The maximum absolute atomic E-state index is 12.1. The number of benzene rings is 1. The molecule has 21 heavy (non-hydrogen) atoms. The summed E-state index contributed by atoms with van der Waals surface area (Å²) in [5, 5.41) is 3.17. The maximum Gasteiger partial charge on any atom is 0.234 e. The van der Waals surface area contributed by atoms with Gasteiger partial charge in [-0.3, -0.25) is 9.69 Å². The van der Waals surface area contributed by atoms with E-state index in [9.17, 15) is 4.79 Å². The molecule has 0 radical (unpaired) electrons. The molecule has 0 atom stereocenters. The number of hydrogen-bond acceptors (Lipinski definition) is 3. The molecular formula is C17H26N2OS. The lowest BCUT2D eigenvalue weighted by Gasteiger charge is -2.24. The first-order chi connectivity index (χ1) is 10.2. The van der Waals surface area contributed by atoms with E-state index in [2.05, 4.69) is 40.7 Å². The first-order valence-corrected chi connectivity index (χ1v) is 9.00. The van der Waals surface area contributed by atoms with Crippen LogP contribution in [-0.4, -0.2) is 36.7 Å². The standard InChI is InChI=1S/C17H26N2OS/c1-19(12-14-8-10-16(21-2)11-9-14)13-17(20)18-15-6-4-3-5-7-15/h8-11,15H,3-7,12-13H2,1-2H3,(H,18,20). The summed E-state index contributed by atoms with van der Waals surface area (Å²) in [7, 11) is 2.00. The van der Waals surface area contributed by atoms with Crippen molar-refractivity contribution in [2.24, 2.45) is 0 Å². The highest BCUT2D eigenvalue weighted by Gasteiger charge is 2.16. The first-order valence-electron chi connectivity index (χ1n) is 7.78. The molecule has 1 aliphatic rings. The normalized spacial score (nSPS) is 16.1. The van der Waals surface area contributed by atoms with Crippen molar-refractivity contribution < 1.29 is 4.79 Å². The van der Waals surface area contributed by atoms with Gasteiger partial charge in [-0.15, -0.1) is 11.8 Å². The third-order valence-electron chi connectivity index (χ3n) is 4.00. The van der Waals surface area contributed by atoms with E-state index in [1.165, 1.54) is 29.7 Å².